The Bertz CT molecular complexity index is 424. The molecular formula is C12H15Cl2NO3. The minimum atomic E-state index is -0.219. The average molecular weight is 292 g/mol. The molecule has 0 saturated carbocycles. The number of benzene rings is 1. The van der Waals surface area contributed by atoms with E-state index < -0.39 is 0 Å². The topological polar surface area (TPSA) is 58.6 Å². The smallest absolute Gasteiger partial charge is 0.224 e. The van der Waals surface area contributed by atoms with Crippen molar-refractivity contribution in [2.45, 2.75) is 19.8 Å². The van der Waals surface area contributed by atoms with Gasteiger partial charge in [0.2, 0.25) is 5.91 Å². The van der Waals surface area contributed by atoms with Crippen LogP contribution in [0.1, 0.15) is 19.8 Å². The van der Waals surface area contributed by atoms with E-state index in [1.165, 1.54) is 12.1 Å². The number of amides is 1. The standard InChI is InChI=1S/C12H15Cl2NO3/c1-2-18-5-3-4-11(16)15-10-7-8(13)6-9(14)12(10)17/h6-7,17H,2-5H2,1H3,(H,15,16). The van der Waals surface area contributed by atoms with Gasteiger partial charge in [0.25, 0.3) is 0 Å². The van der Waals surface area contributed by atoms with Gasteiger partial charge in [-0.15, -0.1) is 0 Å². The number of hydrogen-bond donors (Lipinski definition) is 2. The fraction of sp³-hybridized carbons (Fsp3) is 0.417. The van der Waals surface area contributed by atoms with Crippen LogP contribution >= 0.6 is 23.2 Å². The summed E-state index contributed by atoms with van der Waals surface area (Å²) in [5.41, 5.74) is 0.217. The Morgan fingerprint density at radius 3 is 2.83 bits per heavy atom. The summed E-state index contributed by atoms with van der Waals surface area (Å²) < 4.78 is 5.12. The third-order valence-corrected chi connectivity index (χ3v) is 2.71. The number of phenols is 1. The van der Waals surface area contributed by atoms with E-state index in [0.717, 1.165) is 0 Å². The third-order valence-electron chi connectivity index (χ3n) is 2.20. The highest BCUT2D eigenvalue weighted by Crippen LogP contribution is 2.35. The molecule has 100 valence electrons. The maximum absolute atomic E-state index is 11.6. The fourth-order valence-corrected chi connectivity index (χ4v) is 1.85. The Balaban J connectivity index is 2.54. The van der Waals surface area contributed by atoms with Crippen LogP contribution in [-0.4, -0.2) is 24.2 Å². The quantitative estimate of drug-likeness (QED) is 0.623. The maximum atomic E-state index is 11.6. The summed E-state index contributed by atoms with van der Waals surface area (Å²) in [6.45, 7) is 3.06. The molecule has 1 aromatic rings. The van der Waals surface area contributed by atoms with Crippen LogP contribution < -0.4 is 5.32 Å². The van der Waals surface area contributed by atoms with Gasteiger partial charge in [-0.2, -0.15) is 0 Å². The number of carbonyl (C=O) groups is 1. The Morgan fingerprint density at radius 1 is 1.44 bits per heavy atom. The first-order valence-electron chi connectivity index (χ1n) is 5.60. The van der Waals surface area contributed by atoms with Gasteiger partial charge in [-0.1, -0.05) is 23.2 Å². The van der Waals surface area contributed by atoms with E-state index in [9.17, 15) is 9.90 Å². The van der Waals surface area contributed by atoms with Gasteiger partial charge >= 0.3 is 0 Å². The summed E-state index contributed by atoms with van der Waals surface area (Å²) in [6, 6.07) is 2.85. The van der Waals surface area contributed by atoms with Crippen molar-refractivity contribution < 1.29 is 14.6 Å². The Morgan fingerprint density at radius 2 is 2.17 bits per heavy atom. The van der Waals surface area contributed by atoms with Crippen molar-refractivity contribution in [3.8, 4) is 5.75 Å². The minimum Gasteiger partial charge on any atom is -0.504 e. The SMILES string of the molecule is CCOCCCC(=O)Nc1cc(Cl)cc(Cl)c1O. The van der Waals surface area contributed by atoms with Gasteiger partial charge in [0.1, 0.15) is 0 Å². The molecule has 0 bridgehead atoms. The summed E-state index contributed by atoms with van der Waals surface area (Å²) in [5.74, 6) is -0.400. The number of rotatable bonds is 6. The Hall–Kier alpha value is -0.970. The van der Waals surface area contributed by atoms with Crippen molar-refractivity contribution in [1.82, 2.24) is 0 Å². The highest BCUT2D eigenvalue weighted by Gasteiger charge is 2.10. The second kappa shape index (κ2) is 7.46. The maximum Gasteiger partial charge on any atom is 0.224 e. The number of phenolic OH excluding ortho intramolecular Hbond substituents is 1. The number of anilines is 1. The first kappa shape index (κ1) is 15.1. The van der Waals surface area contributed by atoms with E-state index >= 15 is 0 Å². The molecule has 0 aliphatic heterocycles. The predicted molar refractivity (Wildman–Crippen MR) is 72.5 cm³/mol. The molecule has 0 unspecified atom stereocenters. The summed E-state index contributed by atoms with van der Waals surface area (Å²) in [4.78, 5) is 11.6. The Kier molecular flexibility index (Phi) is 6.25. The van der Waals surface area contributed by atoms with Gasteiger partial charge in [-0.25, -0.2) is 0 Å². The lowest BCUT2D eigenvalue weighted by molar-refractivity contribution is -0.116. The van der Waals surface area contributed by atoms with Crippen LogP contribution in [-0.2, 0) is 9.53 Å². The number of nitrogens with one attached hydrogen (secondary N) is 1. The Labute approximate surface area is 116 Å². The van der Waals surface area contributed by atoms with Gasteiger partial charge in [0, 0.05) is 24.7 Å². The van der Waals surface area contributed by atoms with Crippen LogP contribution in [0.15, 0.2) is 12.1 Å². The molecule has 18 heavy (non-hydrogen) atoms. The number of carbonyl (C=O) groups excluding carboxylic acids is 1. The average Bonchev–Trinajstić information content (AvgIpc) is 2.31. The van der Waals surface area contributed by atoms with Crippen LogP contribution in [0, 0.1) is 0 Å². The van der Waals surface area contributed by atoms with E-state index in [4.69, 9.17) is 27.9 Å². The lowest BCUT2D eigenvalue weighted by Gasteiger charge is -2.09. The molecule has 1 amide bonds. The molecule has 0 radical (unpaired) electrons. The van der Waals surface area contributed by atoms with Crippen molar-refractivity contribution in [3.63, 3.8) is 0 Å². The van der Waals surface area contributed by atoms with E-state index in [2.05, 4.69) is 5.32 Å². The summed E-state index contributed by atoms with van der Waals surface area (Å²) in [6.07, 6.45) is 0.929. The van der Waals surface area contributed by atoms with E-state index in [0.29, 0.717) is 31.1 Å². The number of ether oxygens (including phenoxy) is 1. The zero-order chi connectivity index (χ0) is 13.5. The number of halogens is 2. The van der Waals surface area contributed by atoms with Gasteiger partial charge < -0.3 is 15.2 Å². The zero-order valence-electron chi connectivity index (χ0n) is 10.0. The van der Waals surface area contributed by atoms with Crippen LogP contribution in [0.25, 0.3) is 0 Å². The van der Waals surface area contributed by atoms with Crippen molar-refractivity contribution in [1.29, 1.82) is 0 Å². The van der Waals surface area contributed by atoms with Crippen LogP contribution in [0.2, 0.25) is 10.0 Å². The second-order valence-electron chi connectivity index (χ2n) is 3.63. The van der Waals surface area contributed by atoms with Crippen molar-refractivity contribution in [3.05, 3.63) is 22.2 Å². The summed E-state index contributed by atoms with van der Waals surface area (Å²) in [7, 11) is 0. The van der Waals surface area contributed by atoms with Crippen molar-refractivity contribution in [2.75, 3.05) is 18.5 Å². The molecular weight excluding hydrogens is 277 g/mol. The molecule has 0 heterocycles. The lowest BCUT2D eigenvalue weighted by Crippen LogP contribution is -2.12. The molecule has 0 spiro atoms. The zero-order valence-corrected chi connectivity index (χ0v) is 11.5. The molecule has 1 rings (SSSR count). The van der Waals surface area contributed by atoms with Crippen LogP contribution in [0.3, 0.4) is 0 Å². The molecule has 0 fully saturated rings. The molecule has 6 heteroatoms. The van der Waals surface area contributed by atoms with E-state index in [-0.39, 0.29) is 22.4 Å². The molecule has 0 aliphatic carbocycles. The fourth-order valence-electron chi connectivity index (χ4n) is 1.35. The van der Waals surface area contributed by atoms with Gasteiger partial charge in [0.05, 0.1) is 10.7 Å². The van der Waals surface area contributed by atoms with Crippen molar-refractivity contribution in [2.24, 2.45) is 0 Å². The normalized spacial score (nSPS) is 10.4. The van der Waals surface area contributed by atoms with Gasteiger partial charge in [0.15, 0.2) is 5.75 Å². The second-order valence-corrected chi connectivity index (χ2v) is 4.48. The lowest BCUT2D eigenvalue weighted by atomic mass is 10.2. The highest BCUT2D eigenvalue weighted by molar-refractivity contribution is 6.36. The van der Waals surface area contributed by atoms with Gasteiger partial charge in [-0.3, -0.25) is 4.79 Å². The largest absolute Gasteiger partial charge is 0.504 e. The monoisotopic (exact) mass is 291 g/mol. The first-order chi connectivity index (χ1) is 8.54. The van der Waals surface area contributed by atoms with E-state index in [1.54, 1.807) is 0 Å². The van der Waals surface area contributed by atoms with E-state index in [1.807, 2.05) is 6.92 Å². The van der Waals surface area contributed by atoms with Gasteiger partial charge in [-0.05, 0) is 25.5 Å². The summed E-state index contributed by atoms with van der Waals surface area (Å²) in [5, 5.41) is 12.7. The predicted octanol–water partition coefficient (Wildman–Crippen LogP) is 3.45. The number of aromatic hydroxyl groups is 1. The molecule has 2 N–H and O–H groups in total. The van der Waals surface area contributed by atoms with Crippen LogP contribution in [0.5, 0.6) is 5.75 Å². The molecule has 0 aliphatic rings. The first-order valence-corrected chi connectivity index (χ1v) is 6.35. The summed E-state index contributed by atoms with van der Waals surface area (Å²) >= 11 is 11.5. The molecule has 0 saturated heterocycles. The third kappa shape index (κ3) is 4.72. The highest BCUT2D eigenvalue weighted by atomic mass is 35.5. The molecule has 1 aromatic carbocycles. The molecule has 4 nitrogen and oxygen atoms in total. The minimum absolute atomic E-state index is 0.104. The molecule has 0 atom stereocenters. The molecule has 0 aromatic heterocycles. The number of hydrogen-bond acceptors (Lipinski definition) is 3. The van der Waals surface area contributed by atoms with Crippen LogP contribution in [0.4, 0.5) is 5.69 Å². The van der Waals surface area contributed by atoms with Crippen molar-refractivity contribution >= 4 is 34.8 Å².